The van der Waals surface area contributed by atoms with Crippen LogP contribution in [0.5, 0.6) is 0 Å². The Kier molecular flexibility index (Phi) is 6.92. The zero-order valence-electron chi connectivity index (χ0n) is 8.77. The van der Waals surface area contributed by atoms with Crippen molar-refractivity contribution in [3.63, 3.8) is 0 Å². The number of hydrogen-bond acceptors (Lipinski definition) is 3. The highest BCUT2D eigenvalue weighted by atomic mass is 35.5. The van der Waals surface area contributed by atoms with Crippen molar-refractivity contribution in [3.05, 3.63) is 18.0 Å². The molecule has 0 aliphatic carbocycles. The van der Waals surface area contributed by atoms with E-state index >= 15 is 0 Å². The standard InChI is InChI=1S/C9H16N4.2ClH/c1-8(9-6-11-12-7-9)13-4-2-10-3-5-13;;/h6-8,10H,2-5H2,1H3,(H,11,12);2*1H. The fourth-order valence-corrected chi connectivity index (χ4v) is 1.77. The lowest BCUT2D eigenvalue weighted by atomic mass is 10.1. The van der Waals surface area contributed by atoms with Crippen molar-refractivity contribution in [2.24, 2.45) is 0 Å². The van der Waals surface area contributed by atoms with Crippen LogP contribution in [0.1, 0.15) is 18.5 Å². The third-order valence-corrected chi connectivity index (χ3v) is 2.70. The first-order chi connectivity index (χ1) is 6.38. The van der Waals surface area contributed by atoms with Crippen molar-refractivity contribution in [1.29, 1.82) is 0 Å². The molecule has 1 atom stereocenters. The summed E-state index contributed by atoms with van der Waals surface area (Å²) in [6, 6.07) is 0.487. The molecule has 1 aliphatic heterocycles. The molecular formula is C9H18Cl2N4. The molecule has 1 aromatic heterocycles. The molecule has 1 aromatic rings. The molecule has 0 radical (unpaired) electrons. The Labute approximate surface area is 103 Å². The van der Waals surface area contributed by atoms with Gasteiger partial charge in [-0.15, -0.1) is 24.8 Å². The van der Waals surface area contributed by atoms with Gasteiger partial charge in [-0.05, 0) is 6.92 Å². The third-order valence-electron chi connectivity index (χ3n) is 2.70. The number of halogens is 2. The largest absolute Gasteiger partial charge is 0.314 e. The minimum atomic E-state index is 0. The van der Waals surface area contributed by atoms with Gasteiger partial charge in [0.25, 0.3) is 0 Å². The molecule has 15 heavy (non-hydrogen) atoms. The molecule has 2 heterocycles. The normalized spacial score (nSPS) is 18.7. The smallest absolute Gasteiger partial charge is 0.0535 e. The van der Waals surface area contributed by atoms with Crippen molar-refractivity contribution in [3.8, 4) is 0 Å². The second-order valence-corrected chi connectivity index (χ2v) is 3.49. The summed E-state index contributed by atoms with van der Waals surface area (Å²) in [6.07, 6.45) is 3.89. The van der Waals surface area contributed by atoms with Crippen LogP contribution < -0.4 is 5.32 Å². The average molecular weight is 253 g/mol. The van der Waals surface area contributed by atoms with E-state index in [0.29, 0.717) is 6.04 Å². The third kappa shape index (κ3) is 3.65. The molecule has 1 unspecified atom stereocenters. The Morgan fingerprint density at radius 3 is 2.53 bits per heavy atom. The van der Waals surface area contributed by atoms with E-state index < -0.39 is 0 Å². The van der Waals surface area contributed by atoms with Crippen LogP contribution >= 0.6 is 24.8 Å². The van der Waals surface area contributed by atoms with Crippen molar-refractivity contribution in [2.45, 2.75) is 13.0 Å². The van der Waals surface area contributed by atoms with Gasteiger partial charge in [0.2, 0.25) is 0 Å². The molecule has 1 fully saturated rings. The molecule has 6 heteroatoms. The number of rotatable bonds is 2. The van der Waals surface area contributed by atoms with Crippen LogP contribution in [0.25, 0.3) is 0 Å². The van der Waals surface area contributed by atoms with E-state index in [1.54, 1.807) is 0 Å². The monoisotopic (exact) mass is 252 g/mol. The molecule has 2 rings (SSSR count). The summed E-state index contributed by atoms with van der Waals surface area (Å²) in [5.41, 5.74) is 1.28. The highest BCUT2D eigenvalue weighted by molar-refractivity contribution is 5.85. The molecule has 0 amide bonds. The molecular weight excluding hydrogens is 235 g/mol. The predicted octanol–water partition coefficient (Wildman–Crippen LogP) is 1.22. The fourth-order valence-electron chi connectivity index (χ4n) is 1.77. The fraction of sp³-hybridized carbons (Fsp3) is 0.667. The van der Waals surface area contributed by atoms with Gasteiger partial charge in [-0.2, -0.15) is 5.10 Å². The van der Waals surface area contributed by atoms with Crippen LogP contribution in [0.2, 0.25) is 0 Å². The summed E-state index contributed by atoms with van der Waals surface area (Å²) >= 11 is 0. The molecule has 1 aliphatic rings. The highest BCUT2D eigenvalue weighted by Crippen LogP contribution is 2.18. The van der Waals surface area contributed by atoms with Gasteiger partial charge in [-0.1, -0.05) is 0 Å². The second kappa shape index (κ2) is 7.06. The molecule has 0 saturated carbocycles. The topological polar surface area (TPSA) is 44.0 Å². The SMILES string of the molecule is CC(c1cn[nH]c1)N1CCNCC1.Cl.Cl. The highest BCUT2D eigenvalue weighted by Gasteiger charge is 2.17. The summed E-state index contributed by atoms with van der Waals surface area (Å²) in [7, 11) is 0. The maximum Gasteiger partial charge on any atom is 0.0535 e. The molecule has 0 spiro atoms. The summed E-state index contributed by atoms with van der Waals surface area (Å²) < 4.78 is 0. The lowest BCUT2D eigenvalue weighted by Gasteiger charge is -2.32. The minimum absolute atomic E-state index is 0. The Morgan fingerprint density at radius 2 is 2.00 bits per heavy atom. The Morgan fingerprint density at radius 1 is 1.33 bits per heavy atom. The van der Waals surface area contributed by atoms with Gasteiger partial charge in [0.05, 0.1) is 6.20 Å². The molecule has 0 bridgehead atoms. The molecule has 1 saturated heterocycles. The number of H-pyrrole nitrogens is 1. The number of aromatic amines is 1. The van der Waals surface area contributed by atoms with Gasteiger partial charge >= 0.3 is 0 Å². The average Bonchev–Trinajstić information content (AvgIpc) is 2.71. The first-order valence-corrected chi connectivity index (χ1v) is 4.81. The lowest BCUT2D eigenvalue weighted by molar-refractivity contribution is 0.185. The van der Waals surface area contributed by atoms with Gasteiger partial charge in [-0.3, -0.25) is 10.00 Å². The van der Waals surface area contributed by atoms with E-state index in [1.165, 1.54) is 5.56 Å². The maximum atomic E-state index is 3.97. The van der Waals surface area contributed by atoms with Crippen LogP contribution in [0, 0.1) is 0 Å². The minimum Gasteiger partial charge on any atom is -0.314 e. The van der Waals surface area contributed by atoms with Crippen LogP contribution in [-0.4, -0.2) is 41.3 Å². The molecule has 4 nitrogen and oxygen atoms in total. The quantitative estimate of drug-likeness (QED) is 0.833. The first-order valence-electron chi connectivity index (χ1n) is 4.81. The molecule has 88 valence electrons. The zero-order chi connectivity index (χ0) is 9.10. The maximum absolute atomic E-state index is 3.97. The Bertz CT molecular complexity index is 247. The summed E-state index contributed by atoms with van der Waals surface area (Å²) in [5, 5.41) is 10.2. The van der Waals surface area contributed by atoms with Crippen molar-refractivity contribution in [2.75, 3.05) is 26.2 Å². The van der Waals surface area contributed by atoms with E-state index in [2.05, 4.69) is 27.3 Å². The van der Waals surface area contributed by atoms with Crippen molar-refractivity contribution in [1.82, 2.24) is 20.4 Å². The summed E-state index contributed by atoms with van der Waals surface area (Å²) in [5.74, 6) is 0. The van der Waals surface area contributed by atoms with Crippen molar-refractivity contribution < 1.29 is 0 Å². The van der Waals surface area contributed by atoms with Crippen LogP contribution in [-0.2, 0) is 0 Å². The van der Waals surface area contributed by atoms with Crippen molar-refractivity contribution >= 4 is 24.8 Å². The molecule has 2 N–H and O–H groups in total. The number of nitrogens with one attached hydrogen (secondary N) is 2. The zero-order valence-corrected chi connectivity index (χ0v) is 10.4. The number of piperazine rings is 1. The Balaban J connectivity index is 0.000000980. The van der Waals surface area contributed by atoms with Crippen LogP contribution in [0.4, 0.5) is 0 Å². The summed E-state index contributed by atoms with van der Waals surface area (Å²) in [4.78, 5) is 2.47. The first kappa shape index (κ1) is 14.7. The second-order valence-electron chi connectivity index (χ2n) is 3.49. The predicted molar refractivity (Wildman–Crippen MR) is 65.9 cm³/mol. The number of nitrogens with zero attached hydrogens (tertiary/aromatic N) is 2. The van der Waals surface area contributed by atoms with E-state index in [1.807, 2.05) is 12.4 Å². The van der Waals surface area contributed by atoms with Gasteiger partial charge in [0.1, 0.15) is 0 Å². The van der Waals surface area contributed by atoms with Gasteiger partial charge < -0.3 is 5.32 Å². The number of aromatic nitrogens is 2. The van der Waals surface area contributed by atoms with Gasteiger partial charge in [-0.25, -0.2) is 0 Å². The van der Waals surface area contributed by atoms with Crippen LogP contribution in [0.3, 0.4) is 0 Å². The van der Waals surface area contributed by atoms with E-state index in [4.69, 9.17) is 0 Å². The van der Waals surface area contributed by atoms with E-state index in [0.717, 1.165) is 26.2 Å². The van der Waals surface area contributed by atoms with Gasteiger partial charge in [0.15, 0.2) is 0 Å². The van der Waals surface area contributed by atoms with E-state index in [9.17, 15) is 0 Å². The molecule has 0 aromatic carbocycles. The van der Waals surface area contributed by atoms with Gasteiger partial charge in [0, 0.05) is 44.0 Å². The number of hydrogen-bond donors (Lipinski definition) is 2. The summed E-state index contributed by atoms with van der Waals surface area (Å²) in [6.45, 7) is 6.69. The van der Waals surface area contributed by atoms with E-state index in [-0.39, 0.29) is 24.8 Å². The van der Waals surface area contributed by atoms with Crippen LogP contribution in [0.15, 0.2) is 12.4 Å². The lowest BCUT2D eigenvalue weighted by Crippen LogP contribution is -2.44. The Hall–Kier alpha value is -0.290.